The average molecular weight is 459 g/mol. The van der Waals surface area contributed by atoms with Crippen molar-refractivity contribution in [2.24, 2.45) is 0 Å². The first-order valence-electron chi connectivity index (χ1n) is 11.4. The molecule has 10 nitrogen and oxygen atoms in total. The Balaban J connectivity index is 1.38. The number of carbonyl (C=O) groups excluding carboxylic acids is 1. The van der Waals surface area contributed by atoms with Crippen LogP contribution in [0.1, 0.15) is 30.1 Å². The fourth-order valence-electron chi connectivity index (χ4n) is 4.35. The summed E-state index contributed by atoms with van der Waals surface area (Å²) in [5.41, 5.74) is 4.23. The van der Waals surface area contributed by atoms with E-state index in [0.717, 1.165) is 48.6 Å². The van der Waals surface area contributed by atoms with Crippen LogP contribution in [0.3, 0.4) is 0 Å². The standard InChI is InChI=1S/C24H26N8O2/c1-16-21(14-32(30-16)20-6-8-26-9-7-20)23-17(12-25)13-27-24(29-23)28-18-2-4-19(5-3-18)31-10-11-34-15-22(31)33/h2-5,13-14,20,26H,6-11,15H2,1H3,(H,27,28,29). The maximum Gasteiger partial charge on any atom is 0.253 e. The van der Waals surface area contributed by atoms with Gasteiger partial charge in [0.25, 0.3) is 5.91 Å². The number of anilines is 3. The molecule has 0 spiro atoms. The number of nitriles is 1. The van der Waals surface area contributed by atoms with E-state index in [9.17, 15) is 10.1 Å². The van der Waals surface area contributed by atoms with Crippen molar-refractivity contribution in [1.82, 2.24) is 25.1 Å². The van der Waals surface area contributed by atoms with Gasteiger partial charge in [-0.3, -0.25) is 9.48 Å². The lowest BCUT2D eigenvalue weighted by atomic mass is 10.1. The van der Waals surface area contributed by atoms with Gasteiger partial charge in [0.2, 0.25) is 5.95 Å². The molecular weight excluding hydrogens is 432 g/mol. The Bertz CT molecular complexity index is 1220. The Morgan fingerprint density at radius 1 is 1.24 bits per heavy atom. The maximum absolute atomic E-state index is 12.1. The van der Waals surface area contributed by atoms with E-state index in [4.69, 9.17) is 9.84 Å². The second kappa shape index (κ2) is 9.59. The third kappa shape index (κ3) is 4.48. The minimum Gasteiger partial charge on any atom is -0.370 e. The second-order valence-electron chi connectivity index (χ2n) is 8.43. The fraction of sp³-hybridized carbons (Fsp3) is 0.375. The number of carbonyl (C=O) groups is 1. The Hall–Kier alpha value is -3.81. The Labute approximate surface area is 197 Å². The Morgan fingerprint density at radius 3 is 2.76 bits per heavy atom. The second-order valence-corrected chi connectivity index (χ2v) is 8.43. The van der Waals surface area contributed by atoms with Gasteiger partial charge >= 0.3 is 0 Å². The van der Waals surface area contributed by atoms with Gasteiger partial charge in [-0.1, -0.05) is 0 Å². The Kier molecular flexibility index (Phi) is 6.20. The highest BCUT2D eigenvalue weighted by Gasteiger charge is 2.21. The number of nitrogens with one attached hydrogen (secondary N) is 2. The summed E-state index contributed by atoms with van der Waals surface area (Å²) in [7, 11) is 0. The molecule has 2 saturated heterocycles. The predicted molar refractivity (Wildman–Crippen MR) is 127 cm³/mol. The van der Waals surface area contributed by atoms with Crippen LogP contribution in [0, 0.1) is 18.3 Å². The first kappa shape index (κ1) is 22.0. The van der Waals surface area contributed by atoms with E-state index in [2.05, 4.69) is 26.7 Å². The highest BCUT2D eigenvalue weighted by Crippen LogP contribution is 2.29. The molecule has 1 amide bonds. The summed E-state index contributed by atoms with van der Waals surface area (Å²) < 4.78 is 7.20. The summed E-state index contributed by atoms with van der Waals surface area (Å²) in [6.07, 6.45) is 5.57. The third-order valence-electron chi connectivity index (χ3n) is 6.18. The minimum absolute atomic E-state index is 0.0487. The molecule has 2 aromatic heterocycles. The molecule has 2 aliphatic heterocycles. The van der Waals surface area contributed by atoms with E-state index < -0.39 is 0 Å². The van der Waals surface area contributed by atoms with Gasteiger partial charge in [-0.25, -0.2) is 9.97 Å². The molecule has 2 fully saturated rings. The number of morpholine rings is 1. The zero-order chi connectivity index (χ0) is 23.5. The number of nitrogens with zero attached hydrogens (tertiary/aromatic N) is 6. The van der Waals surface area contributed by atoms with Crippen LogP contribution < -0.4 is 15.5 Å². The fourth-order valence-corrected chi connectivity index (χ4v) is 4.35. The lowest BCUT2D eigenvalue weighted by Crippen LogP contribution is -2.41. The molecule has 2 N–H and O–H groups in total. The first-order valence-corrected chi connectivity index (χ1v) is 11.4. The van der Waals surface area contributed by atoms with Gasteiger partial charge in [-0.2, -0.15) is 10.4 Å². The Morgan fingerprint density at radius 2 is 2.03 bits per heavy atom. The van der Waals surface area contributed by atoms with Crippen molar-refractivity contribution in [3.63, 3.8) is 0 Å². The quantitative estimate of drug-likeness (QED) is 0.598. The number of aromatic nitrogens is 4. The van der Waals surface area contributed by atoms with Crippen LogP contribution in [0.2, 0.25) is 0 Å². The topological polar surface area (TPSA) is 121 Å². The van der Waals surface area contributed by atoms with Gasteiger partial charge in [0, 0.05) is 29.7 Å². The van der Waals surface area contributed by atoms with Crippen molar-refractivity contribution < 1.29 is 9.53 Å². The lowest BCUT2D eigenvalue weighted by molar-refractivity contribution is -0.125. The number of hydrogen-bond donors (Lipinski definition) is 2. The molecular formula is C24H26N8O2. The molecule has 0 unspecified atom stereocenters. The van der Waals surface area contributed by atoms with Crippen LogP contribution in [0.4, 0.5) is 17.3 Å². The number of aryl methyl sites for hydroxylation is 1. The summed E-state index contributed by atoms with van der Waals surface area (Å²) in [6, 6.07) is 10.1. The van der Waals surface area contributed by atoms with Gasteiger partial charge in [0.05, 0.1) is 35.8 Å². The summed E-state index contributed by atoms with van der Waals surface area (Å²) in [5, 5.41) is 20.9. The average Bonchev–Trinajstić information content (AvgIpc) is 3.27. The molecule has 0 bridgehead atoms. The van der Waals surface area contributed by atoms with Crippen molar-refractivity contribution in [3.05, 3.63) is 47.9 Å². The van der Waals surface area contributed by atoms with Crippen LogP contribution in [0.15, 0.2) is 36.7 Å². The van der Waals surface area contributed by atoms with E-state index in [1.165, 1.54) is 6.20 Å². The summed E-state index contributed by atoms with van der Waals surface area (Å²) >= 11 is 0. The van der Waals surface area contributed by atoms with E-state index in [0.29, 0.717) is 36.4 Å². The van der Waals surface area contributed by atoms with Crippen LogP contribution >= 0.6 is 0 Å². The zero-order valence-electron chi connectivity index (χ0n) is 19.0. The van der Waals surface area contributed by atoms with E-state index in [1.807, 2.05) is 42.1 Å². The molecule has 0 radical (unpaired) electrons. The largest absolute Gasteiger partial charge is 0.370 e. The third-order valence-corrected chi connectivity index (χ3v) is 6.18. The molecule has 10 heteroatoms. The number of piperidine rings is 1. The van der Waals surface area contributed by atoms with Crippen molar-refractivity contribution in [1.29, 1.82) is 5.26 Å². The number of amides is 1. The molecule has 4 heterocycles. The number of rotatable bonds is 5. The van der Waals surface area contributed by atoms with Gasteiger partial charge in [-0.05, 0) is 57.1 Å². The van der Waals surface area contributed by atoms with Gasteiger partial charge in [-0.15, -0.1) is 0 Å². The van der Waals surface area contributed by atoms with E-state index in [-0.39, 0.29) is 12.5 Å². The monoisotopic (exact) mass is 458 g/mol. The molecule has 0 atom stereocenters. The molecule has 0 aliphatic carbocycles. The number of hydrogen-bond acceptors (Lipinski definition) is 8. The SMILES string of the molecule is Cc1nn(C2CCNCC2)cc1-c1nc(Nc2ccc(N3CCOCC3=O)cc2)ncc1C#N. The van der Waals surface area contributed by atoms with Crippen LogP contribution in [-0.2, 0) is 9.53 Å². The van der Waals surface area contributed by atoms with Crippen molar-refractivity contribution >= 4 is 23.2 Å². The van der Waals surface area contributed by atoms with Crippen molar-refractivity contribution in [2.45, 2.75) is 25.8 Å². The van der Waals surface area contributed by atoms with Crippen LogP contribution in [0.5, 0.6) is 0 Å². The van der Waals surface area contributed by atoms with E-state index in [1.54, 1.807) is 4.90 Å². The molecule has 34 heavy (non-hydrogen) atoms. The molecule has 174 valence electrons. The van der Waals surface area contributed by atoms with E-state index >= 15 is 0 Å². The first-order chi connectivity index (χ1) is 16.6. The van der Waals surface area contributed by atoms with Crippen LogP contribution in [-0.4, -0.2) is 58.5 Å². The smallest absolute Gasteiger partial charge is 0.253 e. The molecule has 5 rings (SSSR count). The number of benzene rings is 1. The van der Waals surface area contributed by atoms with Crippen LogP contribution in [0.25, 0.3) is 11.3 Å². The normalized spacial score (nSPS) is 16.9. The molecule has 1 aromatic carbocycles. The minimum atomic E-state index is -0.0487. The van der Waals surface area contributed by atoms with Crippen molar-refractivity contribution in [3.8, 4) is 17.3 Å². The molecule has 2 aliphatic rings. The van der Waals surface area contributed by atoms with Gasteiger partial charge < -0.3 is 20.3 Å². The van der Waals surface area contributed by atoms with Gasteiger partial charge in [0.1, 0.15) is 12.7 Å². The highest BCUT2D eigenvalue weighted by molar-refractivity contribution is 5.95. The van der Waals surface area contributed by atoms with Crippen molar-refractivity contribution in [2.75, 3.05) is 43.1 Å². The summed E-state index contributed by atoms with van der Waals surface area (Å²) in [5.74, 6) is 0.339. The maximum atomic E-state index is 12.1. The predicted octanol–water partition coefficient (Wildman–Crippen LogP) is 2.55. The van der Waals surface area contributed by atoms with Gasteiger partial charge in [0.15, 0.2) is 0 Å². The summed E-state index contributed by atoms with van der Waals surface area (Å²) in [4.78, 5) is 22.8. The zero-order valence-corrected chi connectivity index (χ0v) is 19.0. The molecule has 0 saturated carbocycles. The highest BCUT2D eigenvalue weighted by atomic mass is 16.5. The number of ether oxygens (including phenoxy) is 1. The summed E-state index contributed by atoms with van der Waals surface area (Å²) in [6.45, 7) is 5.06. The molecule has 3 aromatic rings. The lowest BCUT2D eigenvalue weighted by Gasteiger charge is -2.26.